The van der Waals surface area contributed by atoms with Crippen molar-refractivity contribution < 1.29 is 4.74 Å². The highest BCUT2D eigenvalue weighted by Crippen LogP contribution is 2.28. The fourth-order valence-electron chi connectivity index (χ4n) is 4.07. The zero-order valence-electron chi connectivity index (χ0n) is 19.0. The molecule has 2 fully saturated rings. The predicted octanol–water partition coefficient (Wildman–Crippen LogP) is 2.04. The van der Waals surface area contributed by atoms with E-state index in [0.717, 1.165) is 77.2 Å². The van der Waals surface area contributed by atoms with Crippen molar-refractivity contribution in [3.05, 3.63) is 24.3 Å². The number of nitrogens with one attached hydrogen (secondary N) is 1. The number of nitrogens with zero attached hydrogens (tertiary/aromatic N) is 5. The van der Waals surface area contributed by atoms with Gasteiger partial charge in [0.15, 0.2) is 5.96 Å². The lowest BCUT2D eigenvalue weighted by Crippen LogP contribution is -2.53. The van der Waals surface area contributed by atoms with Crippen LogP contribution in [-0.2, 0) is 0 Å². The van der Waals surface area contributed by atoms with Crippen LogP contribution < -0.4 is 15.0 Å². The topological polar surface area (TPSA) is 46.6 Å². The number of hydrogen-bond acceptors (Lipinski definition) is 5. The summed E-state index contributed by atoms with van der Waals surface area (Å²) in [6.45, 7) is 14.6. The highest BCUT2D eigenvalue weighted by Gasteiger charge is 2.23. The maximum atomic E-state index is 5.54. The van der Waals surface area contributed by atoms with Crippen molar-refractivity contribution in [1.82, 2.24) is 20.0 Å². The Labute approximate surface area is 199 Å². The summed E-state index contributed by atoms with van der Waals surface area (Å²) < 4.78 is 5.54. The summed E-state index contributed by atoms with van der Waals surface area (Å²) in [5, 5.41) is 3.50. The van der Waals surface area contributed by atoms with E-state index in [-0.39, 0.29) is 24.0 Å². The molecule has 1 unspecified atom stereocenters. The Morgan fingerprint density at radius 2 is 1.73 bits per heavy atom. The first-order chi connectivity index (χ1) is 14.1. The molecular weight excluding hydrogens is 491 g/mol. The molecule has 1 N–H and O–H groups in total. The van der Waals surface area contributed by atoms with Gasteiger partial charge in [-0.05, 0) is 33.0 Å². The Bertz CT molecular complexity index is 657. The number of likely N-dealkylation sites (N-methyl/N-ethyl adjacent to an activating group) is 1. The Kier molecular flexibility index (Phi) is 10.5. The Morgan fingerprint density at radius 1 is 1.07 bits per heavy atom. The monoisotopic (exact) mass is 530 g/mol. The summed E-state index contributed by atoms with van der Waals surface area (Å²) in [7, 11) is 3.95. The molecule has 1 aromatic carbocycles. The average molecular weight is 530 g/mol. The van der Waals surface area contributed by atoms with Crippen LogP contribution in [0, 0.1) is 0 Å². The molecule has 2 heterocycles. The molecule has 2 aliphatic heterocycles. The number of benzene rings is 1. The zero-order chi connectivity index (χ0) is 20.6. The first-order valence-electron chi connectivity index (χ1n) is 11.0. The molecule has 0 aliphatic carbocycles. The molecule has 0 bridgehead atoms. The lowest BCUT2D eigenvalue weighted by molar-refractivity contribution is 0.122. The number of guanidine groups is 1. The van der Waals surface area contributed by atoms with E-state index in [4.69, 9.17) is 9.73 Å². The third kappa shape index (κ3) is 6.62. The Balaban J connectivity index is 0.00000320. The van der Waals surface area contributed by atoms with Crippen LogP contribution in [0.4, 0.5) is 5.69 Å². The van der Waals surface area contributed by atoms with E-state index in [1.54, 1.807) is 7.11 Å². The first-order valence-corrected chi connectivity index (χ1v) is 11.0. The van der Waals surface area contributed by atoms with Crippen LogP contribution in [0.3, 0.4) is 0 Å². The van der Waals surface area contributed by atoms with Crippen LogP contribution >= 0.6 is 24.0 Å². The minimum atomic E-state index is 0. The minimum absolute atomic E-state index is 0. The first kappa shape index (κ1) is 25.0. The summed E-state index contributed by atoms with van der Waals surface area (Å²) in [6.07, 6.45) is 0. The average Bonchev–Trinajstić information content (AvgIpc) is 2.77. The van der Waals surface area contributed by atoms with Crippen LogP contribution in [0.25, 0.3) is 0 Å². The molecule has 0 saturated carbocycles. The lowest BCUT2D eigenvalue weighted by atomic mass is 10.2. The third-order valence-corrected chi connectivity index (χ3v) is 6.01. The molecule has 170 valence electrons. The van der Waals surface area contributed by atoms with Crippen LogP contribution in [0.1, 0.15) is 13.8 Å². The summed E-state index contributed by atoms with van der Waals surface area (Å²) >= 11 is 0. The van der Waals surface area contributed by atoms with Gasteiger partial charge in [-0.1, -0.05) is 12.1 Å². The number of para-hydroxylation sites is 2. The molecule has 0 aromatic heterocycles. The fraction of sp³-hybridized carbons (Fsp3) is 0.682. The van der Waals surface area contributed by atoms with Crippen LogP contribution in [0.5, 0.6) is 5.75 Å². The van der Waals surface area contributed by atoms with Gasteiger partial charge in [-0.3, -0.25) is 9.89 Å². The van der Waals surface area contributed by atoms with E-state index in [0.29, 0.717) is 6.04 Å². The van der Waals surface area contributed by atoms with Crippen molar-refractivity contribution in [1.29, 1.82) is 0 Å². The van der Waals surface area contributed by atoms with E-state index >= 15 is 0 Å². The number of anilines is 1. The number of halogens is 1. The number of aliphatic imine (C=N–C) groups is 1. The molecule has 30 heavy (non-hydrogen) atoms. The molecule has 1 atom stereocenters. The van der Waals surface area contributed by atoms with Crippen molar-refractivity contribution in [2.45, 2.75) is 19.9 Å². The summed E-state index contributed by atoms with van der Waals surface area (Å²) in [6, 6.07) is 8.76. The summed E-state index contributed by atoms with van der Waals surface area (Å²) in [5.41, 5.74) is 1.18. The van der Waals surface area contributed by atoms with Crippen molar-refractivity contribution in [3.63, 3.8) is 0 Å². The molecule has 0 spiro atoms. The second-order valence-corrected chi connectivity index (χ2v) is 8.03. The number of methoxy groups -OCH3 is 1. The van der Waals surface area contributed by atoms with Crippen molar-refractivity contribution in [2.75, 3.05) is 84.5 Å². The fourth-order valence-corrected chi connectivity index (χ4v) is 4.07. The molecule has 2 saturated heterocycles. The second kappa shape index (κ2) is 12.6. The summed E-state index contributed by atoms with van der Waals surface area (Å²) in [4.78, 5) is 14.8. The van der Waals surface area contributed by atoms with E-state index in [9.17, 15) is 0 Å². The minimum Gasteiger partial charge on any atom is -0.495 e. The van der Waals surface area contributed by atoms with Crippen molar-refractivity contribution in [3.8, 4) is 5.75 Å². The van der Waals surface area contributed by atoms with E-state index < -0.39 is 0 Å². The van der Waals surface area contributed by atoms with Gasteiger partial charge in [0.1, 0.15) is 5.75 Å². The van der Waals surface area contributed by atoms with Gasteiger partial charge in [0, 0.05) is 64.9 Å². The van der Waals surface area contributed by atoms with Gasteiger partial charge in [0.2, 0.25) is 0 Å². The molecule has 1 aromatic rings. The number of rotatable bonds is 6. The van der Waals surface area contributed by atoms with Gasteiger partial charge in [-0.2, -0.15) is 0 Å². The van der Waals surface area contributed by atoms with Gasteiger partial charge in [0.25, 0.3) is 0 Å². The highest BCUT2D eigenvalue weighted by atomic mass is 127. The summed E-state index contributed by atoms with van der Waals surface area (Å²) in [5.74, 6) is 2.00. The lowest BCUT2D eigenvalue weighted by Gasteiger charge is -2.38. The SMILES string of the molecule is CCNC(=NCC(C)N1CCN(C)CC1)N1CCN(c2ccccc2OC)CC1.I. The van der Waals surface area contributed by atoms with E-state index in [1.807, 2.05) is 12.1 Å². The Hall–Kier alpha value is -1.26. The Morgan fingerprint density at radius 3 is 2.37 bits per heavy atom. The molecule has 2 aliphatic rings. The van der Waals surface area contributed by atoms with Gasteiger partial charge < -0.3 is 24.8 Å². The number of hydrogen-bond donors (Lipinski definition) is 1. The third-order valence-electron chi connectivity index (χ3n) is 6.01. The molecule has 0 radical (unpaired) electrons. The standard InChI is InChI=1S/C22H38N6O.HI/c1-5-23-22(24-18-19(2)26-12-10-25(3)11-13-26)28-16-14-27(15-17-28)20-8-6-7-9-21(20)29-4;/h6-9,19H,5,10-18H2,1-4H3,(H,23,24);1H. The quantitative estimate of drug-likeness (QED) is 0.345. The van der Waals surface area contributed by atoms with Gasteiger partial charge in [-0.15, -0.1) is 24.0 Å². The second-order valence-electron chi connectivity index (χ2n) is 8.03. The largest absolute Gasteiger partial charge is 0.495 e. The van der Waals surface area contributed by atoms with Gasteiger partial charge >= 0.3 is 0 Å². The molecule has 7 nitrogen and oxygen atoms in total. The molecule has 3 rings (SSSR count). The zero-order valence-corrected chi connectivity index (χ0v) is 21.3. The van der Waals surface area contributed by atoms with Crippen LogP contribution in [0.2, 0.25) is 0 Å². The number of piperazine rings is 2. The number of ether oxygens (including phenoxy) is 1. The maximum Gasteiger partial charge on any atom is 0.194 e. The van der Waals surface area contributed by atoms with Crippen LogP contribution in [0.15, 0.2) is 29.3 Å². The smallest absolute Gasteiger partial charge is 0.194 e. The van der Waals surface area contributed by atoms with E-state index in [1.165, 1.54) is 5.69 Å². The van der Waals surface area contributed by atoms with Crippen molar-refractivity contribution >= 4 is 35.6 Å². The maximum absolute atomic E-state index is 5.54. The van der Waals surface area contributed by atoms with E-state index in [2.05, 4.69) is 57.9 Å². The highest BCUT2D eigenvalue weighted by molar-refractivity contribution is 14.0. The molecule has 0 amide bonds. The van der Waals surface area contributed by atoms with Crippen LogP contribution in [-0.4, -0.2) is 106 Å². The predicted molar refractivity (Wildman–Crippen MR) is 137 cm³/mol. The molecule has 8 heteroatoms. The normalized spacial score (nSPS) is 19.9. The van der Waals surface area contributed by atoms with Crippen molar-refractivity contribution in [2.24, 2.45) is 4.99 Å². The van der Waals surface area contributed by atoms with Gasteiger partial charge in [-0.25, -0.2) is 0 Å². The van der Waals surface area contributed by atoms with Gasteiger partial charge in [0.05, 0.1) is 19.3 Å². The molecular formula is C22H39IN6O.